The summed E-state index contributed by atoms with van der Waals surface area (Å²) in [4.78, 5) is 0. The van der Waals surface area contributed by atoms with Crippen LogP contribution in [-0.4, -0.2) is 12.0 Å². The van der Waals surface area contributed by atoms with Crippen LogP contribution in [0.5, 0.6) is 0 Å². The Morgan fingerprint density at radius 1 is 1.24 bits per heavy atom. The molecule has 1 heteroatoms. The van der Waals surface area contributed by atoms with Crippen LogP contribution in [0.15, 0.2) is 48.4 Å². The molecule has 1 aromatic rings. The topological polar surface area (TPSA) is 0 Å². The zero-order valence-corrected chi connectivity index (χ0v) is 17.6. The van der Waals surface area contributed by atoms with Gasteiger partial charge in [-0.15, -0.1) is 0 Å². The molecule has 0 radical (unpaired) electrons. The molecule has 0 saturated carbocycles. The Kier molecular flexibility index (Phi) is 9.76. The zero-order valence-electron chi connectivity index (χ0n) is 16.8. The van der Waals surface area contributed by atoms with E-state index in [-0.39, 0.29) is 5.41 Å². The van der Waals surface area contributed by atoms with Crippen LogP contribution in [0.4, 0.5) is 0 Å². The van der Waals surface area contributed by atoms with Crippen LogP contribution >= 0.6 is 0 Å². The van der Waals surface area contributed by atoms with Crippen molar-refractivity contribution in [3.8, 4) is 11.8 Å². The van der Waals surface area contributed by atoms with Crippen molar-refractivity contribution in [3.05, 3.63) is 59.5 Å². The molecule has 0 aliphatic heterocycles. The largest absolute Gasteiger partial charge is 0.116 e. The lowest BCUT2D eigenvalue weighted by atomic mass is 9.92. The van der Waals surface area contributed by atoms with Crippen LogP contribution in [0.25, 0.3) is 0 Å². The third kappa shape index (κ3) is 10.3. The maximum atomic E-state index is 3.89. The summed E-state index contributed by atoms with van der Waals surface area (Å²) in [6.45, 7) is 12.6. The fraction of sp³-hybridized carbons (Fsp3) is 0.500. The summed E-state index contributed by atoms with van der Waals surface area (Å²) < 4.78 is 0. The second kappa shape index (κ2) is 11.3. The summed E-state index contributed by atoms with van der Waals surface area (Å²) in [6, 6.07) is 9.14. The van der Waals surface area contributed by atoms with Gasteiger partial charge < -0.3 is 0 Å². The van der Waals surface area contributed by atoms with Gasteiger partial charge in [-0.2, -0.15) is 0 Å². The monoisotopic (exact) mass is 355 g/mol. The highest BCUT2D eigenvalue weighted by Crippen LogP contribution is 2.18. The van der Waals surface area contributed by atoms with Crippen molar-refractivity contribution in [1.82, 2.24) is 0 Å². The fourth-order valence-corrected chi connectivity index (χ4v) is 3.30. The maximum Gasteiger partial charge on any atom is 0.116 e. The average Bonchev–Trinajstić information content (AvgIpc) is 2.57. The lowest BCUT2D eigenvalue weighted by molar-refractivity contribution is 0.514. The van der Waals surface area contributed by atoms with E-state index in [0.717, 1.165) is 19.3 Å². The van der Waals surface area contributed by atoms with Crippen LogP contribution in [0.2, 0.25) is 0 Å². The van der Waals surface area contributed by atoms with Gasteiger partial charge in [0.05, 0.1) is 0 Å². The predicted octanol–water partition coefficient (Wildman–Crippen LogP) is 6.19. The van der Waals surface area contributed by atoms with Gasteiger partial charge in [-0.1, -0.05) is 62.1 Å². The molecule has 0 bridgehead atoms. The van der Waals surface area contributed by atoms with Crippen molar-refractivity contribution in [2.24, 2.45) is 11.3 Å². The van der Waals surface area contributed by atoms with Crippen molar-refractivity contribution in [1.29, 1.82) is 0 Å². The average molecular weight is 356 g/mol. The van der Waals surface area contributed by atoms with Gasteiger partial charge in [0, 0.05) is 22.7 Å². The molecule has 25 heavy (non-hydrogen) atoms. The minimum Gasteiger partial charge on any atom is -0.0926 e. The van der Waals surface area contributed by atoms with Gasteiger partial charge >= 0.3 is 0 Å². The molecule has 1 rings (SSSR count). The number of benzene rings is 1. The number of rotatable bonds is 9. The van der Waals surface area contributed by atoms with Crippen LogP contribution in [0.1, 0.15) is 51.7 Å². The molecule has 0 N–H and O–H groups in total. The van der Waals surface area contributed by atoms with Crippen LogP contribution in [0, 0.1) is 23.2 Å². The normalized spacial score (nSPS) is 14.0. The SMILES string of the molecule is C=C[S+](C)CCc1cccc(CC(CC)C/C=C/C#CC(C)(C)C)c1. The van der Waals surface area contributed by atoms with E-state index in [1.807, 2.05) is 6.08 Å². The highest BCUT2D eigenvalue weighted by molar-refractivity contribution is 7.98. The summed E-state index contributed by atoms with van der Waals surface area (Å²) >= 11 is 0. The van der Waals surface area contributed by atoms with E-state index in [9.17, 15) is 0 Å². The molecule has 0 aliphatic rings. The predicted molar refractivity (Wildman–Crippen MR) is 117 cm³/mol. The standard InChI is InChI=1S/C24H35S/c1-7-21(13-10-9-11-17-24(3,4)5)19-23-15-12-14-22(20-23)16-18-25(6)8-2/h8-10,12,14-15,20-21H,2,7,13,16,18-19H2,1,3-6H3/q+1/b10-9+. The number of allylic oxidation sites excluding steroid dienone is 2. The second-order valence-electron chi connectivity index (χ2n) is 7.77. The Balaban J connectivity index is 2.58. The summed E-state index contributed by atoms with van der Waals surface area (Å²) in [7, 11) is 0.332. The molecular formula is C24H35S+. The van der Waals surface area contributed by atoms with E-state index in [2.05, 4.69) is 88.1 Å². The minimum absolute atomic E-state index is 0.0819. The summed E-state index contributed by atoms with van der Waals surface area (Å²) in [5.41, 5.74) is 3.01. The molecule has 0 spiro atoms. The van der Waals surface area contributed by atoms with Gasteiger partial charge in [0.1, 0.15) is 17.4 Å². The maximum absolute atomic E-state index is 3.89. The number of hydrogen-bond donors (Lipinski definition) is 0. The van der Waals surface area contributed by atoms with E-state index in [1.54, 1.807) is 0 Å². The van der Waals surface area contributed by atoms with E-state index in [4.69, 9.17) is 0 Å². The van der Waals surface area contributed by atoms with Crippen molar-refractivity contribution in [3.63, 3.8) is 0 Å². The Morgan fingerprint density at radius 2 is 1.96 bits per heavy atom. The van der Waals surface area contributed by atoms with Gasteiger partial charge in [-0.3, -0.25) is 0 Å². The Labute approximate surface area is 159 Å². The Bertz CT molecular complexity index is 607. The molecule has 2 unspecified atom stereocenters. The van der Waals surface area contributed by atoms with Gasteiger partial charge in [0.15, 0.2) is 0 Å². The Hall–Kier alpha value is -1.39. The first-order valence-electron chi connectivity index (χ1n) is 9.33. The lowest BCUT2D eigenvalue weighted by Gasteiger charge is -2.13. The summed E-state index contributed by atoms with van der Waals surface area (Å²) in [6.07, 6.45) is 11.1. The van der Waals surface area contributed by atoms with Crippen molar-refractivity contribution in [2.45, 2.75) is 53.4 Å². The molecule has 0 aliphatic carbocycles. The van der Waals surface area contributed by atoms with Gasteiger partial charge in [0.25, 0.3) is 0 Å². The minimum atomic E-state index is 0.0819. The van der Waals surface area contributed by atoms with E-state index >= 15 is 0 Å². The number of aryl methyl sites for hydroxylation is 1. The summed E-state index contributed by atoms with van der Waals surface area (Å²) in [5.74, 6) is 8.33. The molecule has 1 aromatic carbocycles. The van der Waals surface area contributed by atoms with Gasteiger partial charge in [0.2, 0.25) is 0 Å². The molecule has 0 nitrogen and oxygen atoms in total. The first-order chi connectivity index (χ1) is 11.8. The first kappa shape index (κ1) is 21.7. The van der Waals surface area contributed by atoms with Crippen LogP contribution in [-0.2, 0) is 23.7 Å². The first-order valence-corrected chi connectivity index (χ1v) is 11.2. The molecule has 0 fully saturated rings. The quantitative estimate of drug-likeness (QED) is 0.366. The molecule has 136 valence electrons. The second-order valence-corrected chi connectivity index (χ2v) is 9.89. The molecule has 0 saturated heterocycles. The van der Waals surface area contributed by atoms with Crippen LogP contribution < -0.4 is 0 Å². The summed E-state index contributed by atoms with van der Waals surface area (Å²) in [5, 5.41) is 2.08. The molecule has 0 amide bonds. The fourth-order valence-electron chi connectivity index (χ4n) is 2.58. The molecular weight excluding hydrogens is 320 g/mol. The highest BCUT2D eigenvalue weighted by Gasteiger charge is 2.09. The third-order valence-corrected chi connectivity index (χ3v) is 5.63. The molecule has 2 atom stereocenters. The van der Waals surface area contributed by atoms with Crippen molar-refractivity contribution >= 4 is 10.9 Å². The zero-order chi connectivity index (χ0) is 18.7. The Morgan fingerprint density at radius 3 is 2.60 bits per heavy atom. The van der Waals surface area contributed by atoms with Crippen molar-refractivity contribution in [2.75, 3.05) is 12.0 Å². The van der Waals surface area contributed by atoms with Gasteiger partial charge in [-0.25, -0.2) is 0 Å². The smallest absolute Gasteiger partial charge is 0.0926 e. The third-order valence-electron chi connectivity index (χ3n) is 4.21. The molecule has 0 heterocycles. The lowest BCUT2D eigenvalue weighted by Crippen LogP contribution is -2.05. The van der Waals surface area contributed by atoms with Gasteiger partial charge in [-0.05, 0) is 56.7 Å². The van der Waals surface area contributed by atoms with E-state index in [0.29, 0.717) is 16.8 Å². The van der Waals surface area contributed by atoms with E-state index in [1.165, 1.54) is 23.3 Å². The van der Waals surface area contributed by atoms with E-state index < -0.39 is 0 Å². The highest BCUT2D eigenvalue weighted by atomic mass is 32.2. The molecule has 0 aromatic heterocycles. The van der Waals surface area contributed by atoms with Crippen LogP contribution in [0.3, 0.4) is 0 Å². The van der Waals surface area contributed by atoms with Crippen molar-refractivity contribution < 1.29 is 0 Å². The number of hydrogen-bond acceptors (Lipinski definition) is 0.